The highest BCUT2D eigenvalue weighted by molar-refractivity contribution is 6.30. The molecule has 1 fully saturated rings. The van der Waals surface area contributed by atoms with Gasteiger partial charge in [-0.05, 0) is 43.2 Å². The molecule has 1 aromatic carbocycles. The van der Waals surface area contributed by atoms with Gasteiger partial charge in [0, 0.05) is 31.6 Å². The van der Waals surface area contributed by atoms with Gasteiger partial charge in [-0.2, -0.15) is 0 Å². The van der Waals surface area contributed by atoms with E-state index in [1.54, 1.807) is 43.4 Å². The van der Waals surface area contributed by atoms with E-state index >= 15 is 0 Å². The molecule has 10 heteroatoms. The van der Waals surface area contributed by atoms with Crippen LogP contribution < -0.4 is 10.3 Å². The highest BCUT2D eigenvalue weighted by Gasteiger charge is 2.32. The predicted molar refractivity (Wildman–Crippen MR) is 130 cm³/mol. The number of anilines is 2. The zero-order chi connectivity index (χ0) is 22.8. The van der Waals surface area contributed by atoms with Gasteiger partial charge >= 0.3 is 0 Å². The first-order valence-electron chi connectivity index (χ1n) is 10.5. The number of phenolic OH excluding ortho intramolecular Hbond substituents is 1. The number of hydrazine groups is 1. The van der Waals surface area contributed by atoms with Crippen molar-refractivity contribution in [2.75, 3.05) is 24.4 Å². The minimum atomic E-state index is -0.503. The van der Waals surface area contributed by atoms with E-state index in [1.807, 2.05) is 0 Å². The molecule has 2 N–H and O–H groups in total. The van der Waals surface area contributed by atoms with Crippen LogP contribution in [-0.2, 0) is 4.79 Å². The summed E-state index contributed by atoms with van der Waals surface area (Å²) in [5.41, 5.74) is 0.490. The van der Waals surface area contributed by atoms with E-state index in [4.69, 9.17) is 16.0 Å². The highest BCUT2D eigenvalue weighted by Crippen LogP contribution is 2.39. The first-order valence-corrected chi connectivity index (χ1v) is 10.9. The molecule has 4 rings (SSSR count). The van der Waals surface area contributed by atoms with Crippen molar-refractivity contribution in [1.29, 1.82) is 0 Å². The number of amides is 2. The first kappa shape index (κ1) is 24.8. The van der Waals surface area contributed by atoms with Crippen molar-refractivity contribution in [3.05, 3.63) is 47.3 Å². The third-order valence-corrected chi connectivity index (χ3v) is 5.83. The van der Waals surface area contributed by atoms with Crippen LogP contribution in [0.25, 0.3) is 11.0 Å². The van der Waals surface area contributed by atoms with E-state index in [1.165, 1.54) is 17.3 Å². The second-order valence-corrected chi connectivity index (χ2v) is 8.55. The highest BCUT2D eigenvalue weighted by atomic mass is 35.5. The lowest BCUT2D eigenvalue weighted by Crippen LogP contribution is -2.46. The Hall–Kier alpha value is -2.81. The summed E-state index contributed by atoms with van der Waals surface area (Å²) in [4.78, 5) is 30.1. The summed E-state index contributed by atoms with van der Waals surface area (Å²) in [6, 6.07) is 7.91. The van der Waals surface area contributed by atoms with Crippen molar-refractivity contribution in [2.45, 2.75) is 32.1 Å². The molecule has 1 saturated carbocycles. The van der Waals surface area contributed by atoms with Crippen LogP contribution in [0.2, 0.25) is 5.02 Å². The van der Waals surface area contributed by atoms with Crippen LogP contribution in [0.3, 0.4) is 0 Å². The van der Waals surface area contributed by atoms with Crippen LogP contribution in [0.4, 0.5) is 11.5 Å². The summed E-state index contributed by atoms with van der Waals surface area (Å²) in [6.07, 6.45) is 6.22. The average Bonchev–Trinajstić information content (AvgIpc) is 3.22. The maximum atomic E-state index is 13.4. The van der Waals surface area contributed by atoms with Crippen LogP contribution >= 0.6 is 24.0 Å². The molecule has 8 nitrogen and oxygen atoms in total. The van der Waals surface area contributed by atoms with Crippen LogP contribution in [0.15, 0.2) is 40.9 Å². The standard InChI is InChI=1S/C23H25ClN4O4.ClH/c1-27(2)28(23(31)14-6-4-3-5-7-14)20-17(29)10-8-15-12-18(32-21(15)20)22(30)26-19-11-9-16(24)13-25-19;/h8-14,29H,3-7H2,1-2H3,(H,25,26,30);1H. The monoisotopic (exact) mass is 492 g/mol. The summed E-state index contributed by atoms with van der Waals surface area (Å²) >= 11 is 5.83. The minimum absolute atomic E-state index is 0. The van der Waals surface area contributed by atoms with Gasteiger partial charge in [-0.1, -0.05) is 30.9 Å². The molecule has 176 valence electrons. The number of nitrogens with one attached hydrogen (secondary N) is 1. The van der Waals surface area contributed by atoms with E-state index < -0.39 is 5.91 Å². The van der Waals surface area contributed by atoms with Gasteiger partial charge in [0.1, 0.15) is 17.3 Å². The molecular weight excluding hydrogens is 467 g/mol. The molecule has 2 heterocycles. The van der Waals surface area contributed by atoms with Crippen LogP contribution in [0.1, 0.15) is 42.7 Å². The number of fused-ring (bicyclic) bond motifs is 1. The number of carbonyl (C=O) groups is 2. The molecule has 1 aliphatic carbocycles. The molecule has 0 bridgehead atoms. The number of pyridine rings is 1. The van der Waals surface area contributed by atoms with Crippen LogP contribution in [-0.4, -0.2) is 41.0 Å². The molecule has 0 aliphatic heterocycles. The average molecular weight is 493 g/mol. The smallest absolute Gasteiger partial charge is 0.292 e. The van der Waals surface area contributed by atoms with Crippen molar-refractivity contribution in [3.63, 3.8) is 0 Å². The van der Waals surface area contributed by atoms with E-state index in [2.05, 4.69) is 10.3 Å². The number of halogens is 2. The van der Waals surface area contributed by atoms with Crippen molar-refractivity contribution < 1.29 is 19.1 Å². The number of aromatic nitrogens is 1. The molecule has 0 saturated heterocycles. The second-order valence-electron chi connectivity index (χ2n) is 8.11. The van der Waals surface area contributed by atoms with Gasteiger partial charge in [-0.15, -0.1) is 12.4 Å². The molecule has 3 aromatic rings. The number of nitrogens with zero attached hydrogens (tertiary/aromatic N) is 3. The quantitative estimate of drug-likeness (QED) is 0.471. The van der Waals surface area contributed by atoms with Gasteiger partial charge in [0.2, 0.25) is 5.91 Å². The van der Waals surface area contributed by atoms with Gasteiger partial charge in [-0.3, -0.25) is 9.59 Å². The van der Waals surface area contributed by atoms with Crippen molar-refractivity contribution in [2.24, 2.45) is 5.92 Å². The molecule has 2 amide bonds. The van der Waals surface area contributed by atoms with E-state index in [0.29, 0.717) is 16.2 Å². The summed E-state index contributed by atoms with van der Waals surface area (Å²) < 4.78 is 5.86. The fourth-order valence-electron chi connectivity index (χ4n) is 4.05. The predicted octanol–water partition coefficient (Wildman–Crippen LogP) is 5.25. The third kappa shape index (κ3) is 5.24. The van der Waals surface area contributed by atoms with E-state index in [0.717, 1.165) is 32.1 Å². The largest absolute Gasteiger partial charge is 0.506 e. The Morgan fingerprint density at radius 1 is 1.15 bits per heavy atom. The topological polar surface area (TPSA) is 98.9 Å². The number of hydrogen-bond donors (Lipinski definition) is 2. The van der Waals surface area contributed by atoms with Gasteiger partial charge in [-0.25, -0.2) is 15.0 Å². The molecule has 0 spiro atoms. The van der Waals surface area contributed by atoms with Crippen molar-refractivity contribution in [1.82, 2.24) is 9.99 Å². The maximum absolute atomic E-state index is 13.4. The number of carbonyl (C=O) groups excluding carboxylic acids is 2. The number of aromatic hydroxyl groups is 1. The Kier molecular flexibility index (Phi) is 7.84. The molecule has 1 aliphatic rings. The Morgan fingerprint density at radius 2 is 1.88 bits per heavy atom. The molecule has 33 heavy (non-hydrogen) atoms. The van der Waals surface area contributed by atoms with Crippen LogP contribution in [0, 0.1) is 5.92 Å². The normalized spacial score (nSPS) is 14.2. The molecule has 0 atom stereocenters. The lowest BCUT2D eigenvalue weighted by molar-refractivity contribution is -0.125. The first-order chi connectivity index (χ1) is 15.3. The van der Waals surface area contributed by atoms with Crippen LogP contribution in [0.5, 0.6) is 5.75 Å². The Bertz CT molecular complexity index is 1140. The molecule has 2 aromatic heterocycles. The fraction of sp³-hybridized carbons (Fsp3) is 0.348. The molecular formula is C23H26Cl2N4O4. The lowest BCUT2D eigenvalue weighted by Gasteiger charge is -2.33. The summed E-state index contributed by atoms with van der Waals surface area (Å²) in [5, 5.41) is 17.5. The Morgan fingerprint density at radius 3 is 2.52 bits per heavy atom. The number of furan rings is 1. The number of rotatable bonds is 5. The minimum Gasteiger partial charge on any atom is -0.506 e. The lowest BCUT2D eigenvalue weighted by atomic mass is 9.88. The van der Waals surface area contributed by atoms with Gasteiger partial charge in [0.05, 0.1) is 5.02 Å². The van der Waals surface area contributed by atoms with E-state index in [-0.39, 0.29) is 47.0 Å². The zero-order valence-electron chi connectivity index (χ0n) is 18.4. The Balaban J connectivity index is 0.00000306. The van der Waals surface area contributed by atoms with Gasteiger partial charge in [0.15, 0.2) is 11.3 Å². The Labute approximate surface area is 202 Å². The number of hydrogen-bond acceptors (Lipinski definition) is 6. The SMILES string of the molecule is CN(C)N(C(=O)C1CCCCC1)c1c(O)ccc2cc(C(=O)Nc3ccc(Cl)cn3)oc12.Cl. The number of phenols is 1. The summed E-state index contributed by atoms with van der Waals surface area (Å²) in [5.74, 6) is -0.454. The maximum Gasteiger partial charge on any atom is 0.292 e. The molecule has 0 radical (unpaired) electrons. The summed E-state index contributed by atoms with van der Waals surface area (Å²) in [7, 11) is 3.48. The molecule has 0 unspecified atom stereocenters. The second kappa shape index (κ2) is 10.4. The van der Waals surface area contributed by atoms with Crippen molar-refractivity contribution in [3.8, 4) is 5.75 Å². The number of benzene rings is 1. The fourth-order valence-corrected chi connectivity index (χ4v) is 4.16. The van der Waals surface area contributed by atoms with Gasteiger partial charge in [0.25, 0.3) is 5.91 Å². The van der Waals surface area contributed by atoms with Crippen molar-refractivity contribution >= 4 is 58.3 Å². The zero-order valence-corrected chi connectivity index (χ0v) is 19.9. The third-order valence-electron chi connectivity index (χ3n) is 5.61. The summed E-state index contributed by atoms with van der Waals surface area (Å²) in [6.45, 7) is 0. The van der Waals surface area contributed by atoms with E-state index in [9.17, 15) is 14.7 Å². The van der Waals surface area contributed by atoms with Gasteiger partial charge < -0.3 is 14.8 Å².